The van der Waals surface area contributed by atoms with Crippen LogP contribution in [0.4, 0.5) is 0 Å². The molecule has 1 aliphatic heterocycles. The van der Waals surface area contributed by atoms with Gasteiger partial charge in [0.05, 0.1) is 11.4 Å². The topological polar surface area (TPSA) is 93.0 Å². The van der Waals surface area contributed by atoms with Gasteiger partial charge < -0.3 is 9.47 Å². The standard InChI is InChI=1S/C21H23N5O3/c1-24-20(15-5-3-2-4-6-15)16-7-11-25(12-8-17(16)23-24)19(28)10-14-26-13-9-18(27)22-21(26)29/h2-6,9,13H,7-8,10-12,14H2,1H3,(H,22,27,29). The van der Waals surface area contributed by atoms with Gasteiger partial charge in [-0.15, -0.1) is 0 Å². The Hall–Kier alpha value is -3.42. The lowest BCUT2D eigenvalue weighted by Gasteiger charge is -2.20. The molecule has 0 saturated heterocycles. The molecule has 1 aliphatic rings. The minimum absolute atomic E-state index is 0.00103. The molecule has 0 radical (unpaired) electrons. The number of carbonyl (C=O) groups excluding carboxylic acids is 1. The van der Waals surface area contributed by atoms with E-state index in [2.05, 4.69) is 17.1 Å². The van der Waals surface area contributed by atoms with Crippen LogP contribution < -0.4 is 11.2 Å². The average molecular weight is 393 g/mol. The maximum atomic E-state index is 12.7. The third-order valence-corrected chi connectivity index (χ3v) is 5.34. The SMILES string of the molecule is Cn1nc2c(c1-c1ccccc1)CCN(C(=O)CCn1ccc(=O)[nH]c1=O)CC2. The fourth-order valence-electron chi connectivity index (χ4n) is 3.89. The van der Waals surface area contributed by atoms with Gasteiger partial charge in [-0.3, -0.25) is 19.3 Å². The molecule has 1 amide bonds. The van der Waals surface area contributed by atoms with Gasteiger partial charge in [-0.25, -0.2) is 4.79 Å². The summed E-state index contributed by atoms with van der Waals surface area (Å²) in [7, 11) is 1.96. The highest BCUT2D eigenvalue weighted by molar-refractivity contribution is 5.76. The van der Waals surface area contributed by atoms with E-state index in [1.165, 1.54) is 22.4 Å². The lowest BCUT2D eigenvalue weighted by molar-refractivity contribution is -0.131. The van der Waals surface area contributed by atoms with Gasteiger partial charge >= 0.3 is 5.69 Å². The van der Waals surface area contributed by atoms with Crippen molar-refractivity contribution in [3.05, 3.63) is 74.7 Å². The molecule has 8 nitrogen and oxygen atoms in total. The number of fused-ring (bicyclic) bond motifs is 1. The number of benzene rings is 1. The Morgan fingerprint density at radius 3 is 2.62 bits per heavy atom. The highest BCUT2D eigenvalue weighted by atomic mass is 16.2. The third-order valence-electron chi connectivity index (χ3n) is 5.34. The fourth-order valence-corrected chi connectivity index (χ4v) is 3.89. The van der Waals surface area contributed by atoms with E-state index in [9.17, 15) is 14.4 Å². The first kappa shape index (κ1) is 18.9. The molecule has 0 saturated carbocycles. The van der Waals surface area contributed by atoms with E-state index in [1.807, 2.05) is 34.8 Å². The van der Waals surface area contributed by atoms with E-state index in [4.69, 9.17) is 5.10 Å². The van der Waals surface area contributed by atoms with Crippen molar-refractivity contribution in [1.29, 1.82) is 0 Å². The molecular formula is C21H23N5O3. The largest absolute Gasteiger partial charge is 0.342 e. The van der Waals surface area contributed by atoms with Crippen molar-refractivity contribution < 1.29 is 4.79 Å². The molecule has 0 bridgehead atoms. The summed E-state index contributed by atoms with van der Waals surface area (Å²) >= 11 is 0. The van der Waals surface area contributed by atoms with Crippen LogP contribution in [0.5, 0.6) is 0 Å². The van der Waals surface area contributed by atoms with Crippen LogP contribution in [-0.2, 0) is 31.2 Å². The molecule has 0 spiro atoms. The first-order chi connectivity index (χ1) is 14.0. The Morgan fingerprint density at radius 1 is 1.10 bits per heavy atom. The molecule has 3 heterocycles. The molecule has 29 heavy (non-hydrogen) atoms. The van der Waals surface area contributed by atoms with Crippen molar-refractivity contribution in [2.24, 2.45) is 7.05 Å². The molecule has 0 unspecified atom stereocenters. The van der Waals surface area contributed by atoms with E-state index in [1.54, 1.807) is 0 Å². The highest BCUT2D eigenvalue weighted by Gasteiger charge is 2.24. The van der Waals surface area contributed by atoms with Gasteiger partial charge in [0, 0.05) is 62.9 Å². The molecule has 4 rings (SSSR count). The van der Waals surface area contributed by atoms with E-state index in [0.29, 0.717) is 19.5 Å². The lowest BCUT2D eigenvalue weighted by Crippen LogP contribution is -2.35. The zero-order valence-corrected chi connectivity index (χ0v) is 16.3. The second-order valence-corrected chi connectivity index (χ2v) is 7.20. The number of nitrogens with one attached hydrogen (secondary N) is 1. The Bertz CT molecular complexity index is 1140. The highest BCUT2D eigenvalue weighted by Crippen LogP contribution is 2.28. The number of aromatic nitrogens is 4. The molecule has 150 valence electrons. The van der Waals surface area contributed by atoms with Gasteiger partial charge in [-0.1, -0.05) is 30.3 Å². The molecular weight excluding hydrogens is 370 g/mol. The van der Waals surface area contributed by atoms with Crippen molar-refractivity contribution in [3.8, 4) is 11.3 Å². The second kappa shape index (κ2) is 7.90. The predicted molar refractivity (Wildman–Crippen MR) is 109 cm³/mol. The Labute approximate surface area is 167 Å². The normalized spacial score (nSPS) is 13.8. The zero-order valence-electron chi connectivity index (χ0n) is 16.3. The summed E-state index contributed by atoms with van der Waals surface area (Å²) in [5.74, 6) is -0.00103. The third kappa shape index (κ3) is 3.91. The van der Waals surface area contributed by atoms with Gasteiger partial charge in [0.25, 0.3) is 5.56 Å². The van der Waals surface area contributed by atoms with Crippen molar-refractivity contribution >= 4 is 5.91 Å². The summed E-state index contributed by atoms with van der Waals surface area (Å²) < 4.78 is 3.28. The predicted octanol–water partition coefficient (Wildman–Crippen LogP) is 0.955. The summed E-state index contributed by atoms with van der Waals surface area (Å²) in [6, 6.07) is 11.5. The first-order valence-electron chi connectivity index (χ1n) is 9.70. The van der Waals surface area contributed by atoms with Crippen molar-refractivity contribution in [2.45, 2.75) is 25.8 Å². The maximum Gasteiger partial charge on any atom is 0.328 e. The lowest BCUT2D eigenvalue weighted by atomic mass is 10.0. The summed E-state index contributed by atoms with van der Waals surface area (Å²) in [5.41, 5.74) is 3.54. The van der Waals surface area contributed by atoms with Gasteiger partial charge in [-0.2, -0.15) is 5.10 Å². The Kier molecular flexibility index (Phi) is 5.16. The van der Waals surface area contributed by atoms with Crippen molar-refractivity contribution in [3.63, 3.8) is 0 Å². The fraction of sp³-hybridized carbons (Fsp3) is 0.333. The summed E-state index contributed by atoms with van der Waals surface area (Å²) in [6.07, 6.45) is 3.09. The van der Waals surface area contributed by atoms with Gasteiger partial charge in [0.2, 0.25) is 5.91 Å². The number of aromatic amines is 1. The molecule has 2 aromatic heterocycles. The second-order valence-electron chi connectivity index (χ2n) is 7.20. The summed E-state index contributed by atoms with van der Waals surface area (Å²) in [6.45, 7) is 1.47. The average Bonchev–Trinajstić information content (AvgIpc) is 2.88. The number of nitrogens with zero attached hydrogens (tertiary/aromatic N) is 4. The zero-order chi connectivity index (χ0) is 20.4. The number of hydrogen-bond acceptors (Lipinski definition) is 4. The van der Waals surface area contributed by atoms with E-state index in [-0.39, 0.29) is 18.9 Å². The first-order valence-corrected chi connectivity index (χ1v) is 9.70. The molecule has 3 aromatic rings. The van der Waals surface area contributed by atoms with Crippen LogP contribution in [-0.4, -0.2) is 43.2 Å². The Morgan fingerprint density at radius 2 is 1.86 bits per heavy atom. The monoisotopic (exact) mass is 393 g/mol. The number of H-pyrrole nitrogens is 1. The smallest absolute Gasteiger partial charge is 0.328 e. The minimum Gasteiger partial charge on any atom is -0.342 e. The van der Waals surface area contributed by atoms with Gasteiger partial charge in [-0.05, 0) is 6.42 Å². The Balaban J connectivity index is 1.46. The number of hydrogen-bond donors (Lipinski definition) is 1. The number of carbonyl (C=O) groups is 1. The van der Waals surface area contributed by atoms with Crippen LogP contribution in [0, 0.1) is 0 Å². The molecule has 0 atom stereocenters. The molecule has 0 fully saturated rings. The quantitative estimate of drug-likeness (QED) is 0.714. The van der Waals surface area contributed by atoms with Gasteiger partial charge in [0.1, 0.15) is 0 Å². The molecule has 1 N–H and O–H groups in total. The van der Waals surface area contributed by atoms with Crippen LogP contribution in [0.2, 0.25) is 0 Å². The summed E-state index contributed by atoms with van der Waals surface area (Å²) in [4.78, 5) is 39.7. The van der Waals surface area contributed by atoms with Crippen LogP contribution >= 0.6 is 0 Å². The van der Waals surface area contributed by atoms with Crippen LogP contribution in [0.3, 0.4) is 0 Å². The van der Waals surface area contributed by atoms with E-state index >= 15 is 0 Å². The van der Waals surface area contributed by atoms with Crippen molar-refractivity contribution in [1.82, 2.24) is 24.2 Å². The van der Waals surface area contributed by atoms with E-state index in [0.717, 1.165) is 23.4 Å². The number of aryl methyl sites for hydroxylation is 2. The van der Waals surface area contributed by atoms with Crippen LogP contribution in [0.15, 0.2) is 52.2 Å². The van der Waals surface area contributed by atoms with Gasteiger partial charge in [0.15, 0.2) is 0 Å². The van der Waals surface area contributed by atoms with Crippen LogP contribution in [0.25, 0.3) is 11.3 Å². The maximum absolute atomic E-state index is 12.7. The van der Waals surface area contributed by atoms with Crippen molar-refractivity contribution in [2.75, 3.05) is 13.1 Å². The van der Waals surface area contributed by atoms with E-state index < -0.39 is 11.2 Å². The number of amides is 1. The molecule has 0 aliphatic carbocycles. The number of rotatable bonds is 4. The molecule has 8 heteroatoms. The minimum atomic E-state index is -0.495. The van der Waals surface area contributed by atoms with Crippen LogP contribution in [0.1, 0.15) is 17.7 Å². The summed E-state index contributed by atoms with van der Waals surface area (Å²) in [5, 5.41) is 4.69. The molecule has 1 aromatic carbocycles.